The van der Waals surface area contributed by atoms with E-state index in [2.05, 4.69) is 69.4 Å². The van der Waals surface area contributed by atoms with E-state index >= 15 is 0 Å². The van der Waals surface area contributed by atoms with Crippen LogP contribution in [0.15, 0.2) is 48.6 Å². The number of ether oxygens (including phenoxy) is 3. The molecule has 0 bridgehead atoms. The van der Waals surface area contributed by atoms with Crippen molar-refractivity contribution in [2.24, 2.45) is 0 Å². The van der Waals surface area contributed by atoms with Gasteiger partial charge in [0, 0.05) is 19.4 Å². The molecule has 5 nitrogen and oxygen atoms in total. The van der Waals surface area contributed by atoms with Crippen LogP contribution in [0.2, 0.25) is 0 Å². The van der Waals surface area contributed by atoms with Gasteiger partial charge in [0.05, 0.1) is 6.61 Å². The van der Waals surface area contributed by atoms with Crippen LogP contribution < -0.4 is 0 Å². The second-order valence-electron chi connectivity index (χ2n) is 18.1. The maximum Gasteiger partial charge on any atom is 0.306 e. The SMILES string of the molecule is CC/C=C\C/C=C\C/C=C\CCCCCCCCCC(=O)OCC(COCCCCCCCCCCCCCCCCCCCC)OC(=O)CCCCCCC/C=C\CCCC. The minimum Gasteiger partial charge on any atom is -0.462 e. The molecule has 0 aromatic carbocycles. The monoisotopic (exact) mass is 869 g/mol. The Morgan fingerprint density at radius 3 is 1.23 bits per heavy atom. The average molecular weight is 869 g/mol. The third-order valence-electron chi connectivity index (χ3n) is 11.8. The molecular formula is C57H104O5. The summed E-state index contributed by atoms with van der Waals surface area (Å²) in [5.41, 5.74) is 0. The van der Waals surface area contributed by atoms with Crippen molar-refractivity contribution in [3.05, 3.63) is 48.6 Å². The molecule has 0 amide bonds. The molecule has 5 heteroatoms. The smallest absolute Gasteiger partial charge is 0.306 e. The predicted molar refractivity (Wildman–Crippen MR) is 270 cm³/mol. The van der Waals surface area contributed by atoms with E-state index in [-0.39, 0.29) is 25.2 Å². The molecule has 0 aliphatic heterocycles. The number of hydrogen-bond donors (Lipinski definition) is 0. The normalized spacial score (nSPS) is 12.5. The highest BCUT2D eigenvalue weighted by molar-refractivity contribution is 5.70. The summed E-state index contributed by atoms with van der Waals surface area (Å²) in [4.78, 5) is 25.4. The van der Waals surface area contributed by atoms with E-state index in [1.807, 2.05) is 0 Å². The van der Waals surface area contributed by atoms with Gasteiger partial charge in [-0.25, -0.2) is 0 Å². The summed E-state index contributed by atoms with van der Waals surface area (Å²) in [6.45, 7) is 7.71. The lowest BCUT2D eigenvalue weighted by Crippen LogP contribution is -2.30. The van der Waals surface area contributed by atoms with Crippen LogP contribution in [0.1, 0.15) is 278 Å². The van der Waals surface area contributed by atoms with E-state index in [1.54, 1.807) is 0 Å². The Balaban J connectivity index is 4.20. The lowest BCUT2D eigenvalue weighted by atomic mass is 10.0. The fraction of sp³-hybridized carbons (Fsp3) is 0.825. The van der Waals surface area contributed by atoms with E-state index in [0.29, 0.717) is 19.4 Å². The highest BCUT2D eigenvalue weighted by Crippen LogP contribution is 2.16. The lowest BCUT2D eigenvalue weighted by molar-refractivity contribution is -0.163. The van der Waals surface area contributed by atoms with Crippen LogP contribution in [0.3, 0.4) is 0 Å². The first-order valence-electron chi connectivity index (χ1n) is 27.2. The number of rotatable bonds is 50. The first-order valence-corrected chi connectivity index (χ1v) is 27.2. The zero-order valence-corrected chi connectivity index (χ0v) is 41.6. The summed E-state index contributed by atoms with van der Waals surface area (Å²) in [7, 11) is 0. The van der Waals surface area contributed by atoms with Gasteiger partial charge < -0.3 is 14.2 Å². The topological polar surface area (TPSA) is 61.8 Å². The van der Waals surface area contributed by atoms with Crippen LogP contribution in [-0.4, -0.2) is 37.9 Å². The Morgan fingerprint density at radius 1 is 0.371 bits per heavy atom. The molecule has 362 valence electrons. The summed E-state index contributed by atoms with van der Waals surface area (Å²) in [5.74, 6) is -0.408. The van der Waals surface area contributed by atoms with Gasteiger partial charge in [-0.15, -0.1) is 0 Å². The third kappa shape index (κ3) is 50.5. The second kappa shape index (κ2) is 53.2. The number of unbranched alkanes of at least 4 members (excludes halogenated alkanes) is 31. The van der Waals surface area contributed by atoms with E-state index in [1.165, 1.54) is 167 Å². The molecule has 0 saturated heterocycles. The first-order chi connectivity index (χ1) is 30.6. The fourth-order valence-electron chi connectivity index (χ4n) is 7.80. The second-order valence-corrected chi connectivity index (χ2v) is 18.1. The van der Waals surface area contributed by atoms with E-state index in [0.717, 1.165) is 77.0 Å². The minimum atomic E-state index is -0.541. The molecular weight excluding hydrogens is 765 g/mol. The molecule has 0 rings (SSSR count). The van der Waals surface area contributed by atoms with Crippen LogP contribution in [-0.2, 0) is 23.8 Å². The Bertz CT molecular complexity index is 1030. The Hall–Kier alpha value is -2.14. The quantitative estimate of drug-likeness (QED) is 0.0346. The van der Waals surface area contributed by atoms with Crippen LogP contribution >= 0.6 is 0 Å². The molecule has 0 radical (unpaired) electrons. The van der Waals surface area contributed by atoms with E-state index in [4.69, 9.17) is 14.2 Å². The van der Waals surface area contributed by atoms with Gasteiger partial charge in [-0.3, -0.25) is 9.59 Å². The standard InChI is InChI=1S/C57H104O5/c1-4-7-10-13-16-19-22-24-26-28-30-32-34-37-40-43-46-49-52-60-53-55(62-57(59)51-48-45-42-39-35-21-18-15-12-9-6-3)54-61-56(58)50-47-44-41-38-36-33-31-29-27-25-23-20-17-14-11-8-5-2/h8,11,15,17-18,20,25,27,55H,4-7,9-10,12-14,16,19,21-24,26,28-54H2,1-3H3/b11-8-,18-15-,20-17-,27-25-. The largest absolute Gasteiger partial charge is 0.462 e. The summed E-state index contributed by atoms with van der Waals surface area (Å²) in [6, 6.07) is 0. The number of carbonyl (C=O) groups is 2. The molecule has 0 heterocycles. The van der Waals surface area contributed by atoms with Gasteiger partial charge in [0.25, 0.3) is 0 Å². The molecule has 62 heavy (non-hydrogen) atoms. The molecule has 0 aromatic heterocycles. The van der Waals surface area contributed by atoms with Crippen LogP contribution in [0.25, 0.3) is 0 Å². The Kier molecular flexibility index (Phi) is 51.4. The van der Waals surface area contributed by atoms with Crippen molar-refractivity contribution in [2.75, 3.05) is 19.8 Å². The summed E-state index contributed by atoms with van der Waals surface area (Å²) in [5, 5.41) is 0. The molecule has 0 spiro atoms. The van der Waals surface area contributed by atoms with E-state index in [9.17, 15) is 9.59 Å². The summed E-state index contributed by atoms with van der Waals surface area (Å²) >= 11 is 0. The maximum atomic E-state index is 12.8. The van der Waals surface area contributed by atoms with Crippen LogP contribution in [0.5, 0.6) is 0 Å². The van der Waals surface area contributed by atoms with Crippen molar-refractivity contribution < 1.29 is 23.8 Å². The maximum absolute atomic E-state index is 12.8. The van der Waals surface area contributed by atoms with Crippen molar-refractivity contribution in [1.29, 1.82) is 0 Å². The third-order valence-corrected chi connectivity index (χ3v) is 11.8. The number of allylic oxidation sites excluding steroid dienone is 8. The van der Waals surface area contributed by atoms with Crippen LogP contribution in [0.4, 0.5) is 0 Å². The molecule has 1 unspecified atom stereocenters. The molecule has 0 aliphatic carbocycles. The molecule has 0 saturated carbocycles. The Labute approximate surface area is 386 Å². The van der Waals surface area contributed by atoms with Gasteiger partial charge >= 0.3 is 11.9 Å². The van der Waals surface area contributed by atoms with Crippen molar-refractivity contribution in [3.8, 4) is 0 Å². The molecule has 0 N–H and O–H groups in total. The fourth-order valence-corrected chi connectivity index (χ4v) is 7.80. The van der Waals surface area contributed by atoms with Gasteiger partial charge in [-0.2, -0.15) is 0 Å². The Morgan fingerprint density at radius 2 is 0.742 bits per heavy atom. The van der Waals surface area contributed by atoms with Crippen molar-refractivity contribution in [2.45, 2.75) is 284 Å². The zero-order chi connectivity index (χ0) is 44.9. The van der Waals surface area contributed by atoms with Gasteiger partial charge in [0.2, 0.25) is 0 Å². The number of carbonyl (C=O) groups excluding carboxylic acids is 2. The highest BCUT2D eigenvalue weighted by Gasteiger charge is 2.17. The summed E-state index contributed by atoms with van der Waals surface area (Å²) in [6.07, 6.45) is 65.6. The minimum absolute atomic E-state index is 0.0799. The first kappa shape index (κ1) is 59.9. The molecule has 0 fully saturated rings. The van der Waals surface area contributed by atoms with Gasteiger partial charge in [-0.1, -0.05) is 243 Å². The molecule has 0 aliphatic rings. The van der Waals surface area contributed by atoms with Gasteiger partial charge in [0.15, 0.2) is 6.10 Å². The number of hydrogen-bond acceptors (Lipinski definition) is 5. The van der Waals surface area contributed by atoms with Gasteiger partial charge in [-0.05, 0) is 70.6 Å². The van der Waals surface area contributed by atoms with Crippen molar-refractivity contribution >= 4 is 11.9 Å². The average Bonchev–Trinajstić information content (AvgIpc) is 3.27. The number of esters is 2. The van der Waals surface area contributed by atoms with Crippen molar-refractivity contribution in [3.63, 3.8) is 0 Å². The zero-order valence-electron chi connectivity index (χ0n) is 41.6. The highest BCUT2D eigenvalue weighted by atomic mass is 16.6. The predicted octanol–water partition coefficient (Wildman–Crippen LogP) is 18.3. The summed E-state index contributed by atoms with van der Waals surface area (Å²) < 4.78 is 17.4. The lowest BCUT2D eigenvalue weighted by Gasteiger charge is -2.18. The van der Waals surface area contributed by atoms with E-state index < -0.39 is 6.10 Å². The molecule has 0 aromatic rings. The van der Waals surface area contributed by atoms with Crippen molar-refractivity contribution in [1.82, 2.24) is 0 Å². The van der Waals surface area contributed by atoms with Crippen LogP contribution in [0, 0.1) is 0 Å². The van der Waals surface area contributed by atoms with Gasteiger partial charge in [0.1, 0.15) is 6.61 Å². The molecule has 1 atom stereocenters.